The van der Waals surface area contributed by atoms with Crippen molar-refractivity contribution in [2.45, 2.75) is 0 Å². The fourth-order valence-electron chi connectivity index (χ4n) is 5.23. The van der Waals surface area contributed by atoms with Crippen molar-refractivity contribution < 1.29 is 0 Å². The van der Waals surface area contributed by atoms with Crippen LogP contribution in [-0.4, -0.2) is 0 Å². The summed E-state index contributed by atoms with van der Waals surface area (Å²) in [5.74, 6) is 0. The summed E-state index contributed by atoms with van der Waals surface area (Å²) < 4.78 is 2.58. The van der Waals surface area contributed by atoms with Crippen LogP contribution in [-0.2, 0) is 0 Å². The third-order valence-corrected chi connectivity index (χ3v) is 8.46. The van der Waals surface area contributed by atoms with Crippen molar-refractivity contribution >= 4 is 60.2 Å². The Labute approximate surface area is 237 Å². The molecule has 0 radical (unpaired) electrons. The minimum atomic E-state index is 0.758. The first kappa shape index (κ1) is 23.7. The maximum absolute atomic E-state index is 6.25. The fourth-order valence-corrected chi connectivity index (χ4v) is 6.55. The molecule has 0 aliphatic rings. The average molecular weight is 538 g/mol. The predicted molar refractivity (Wildman–Crippen MR) is 170 cm³/mol. The number of hydrogen-bond donors (Lipinski definition) is 0. The van der Waals surface area contributed by atoms with Gasteiger partial charge in [0.15, 0.2) is 0 Å². The van der Waals surface area contributed by atoms with Gasteiger partial charge in [0.2, 0.25) is 0 Å². The molecule has 0 spiro atoms. The van der Waals surface area contributed by atoms with E-state index in [4.69, 9.17) is 11.6 Å². The standard InChI is InChI=1S/C36H24ClNS/c37-29-11-7-9-25(21-29)28-17-19-33-34-23-27(18-20-35(34)39-36(33)24-28)26-10-8-16-32(22-26)38(30-12-3-1-4-13-30)31-14-5-2-6-15-31/h1-24H. The minimum Gasteiger partial charge on any atom is -0.310 e. The molecule has 0 atom stereocenters. The Bertz CT molecular complexity index is 1890. The van der Waals surface area contributed by atoms with Gasteiger partial charge in [-0.15, -0.1) is 11.3 Å². The van der Waals surface area contributed by atoms with Crippen molar-refractivity contribution in [3.05, 3.63) is 151 Å². The second-order valence-electron chi connectivity index (χ2n) is 9.59. The summed E-state index contributed by atoms with van der Waals surface area (Å²) in [6, 6.07) is 51.5. The van der Waals surface area contributed by atoms with Crippen LogP contribution in [0.3, 0.4) is 0 Å². The Hall–Kier alpha value is -4.37. The average Bonchev–Trinajstić information content (AvgIpc) is 3.36. The third kappa shape index (κ3) is 4.59. The van der Waals surface area contributed by atoms with Gasteiger partial charge < -0.3 is 4.90 Å². The third-order valence-electron chi connectivity index (χ3n) is 7.10. The molecule has 1 heterocycles. The Morgan fingerprint density at radius 1 is 0.410 bits per heavy atom. The van der Waals surface area contributed by atoms with Gasteiger partial charge in [-0.25, -0.2) is 0 Å². The molecule has 186 valence electrons. The summed E-state index contributed by atoms with van der Waals surface area (Å²) in [6.07, 6.45) is 0. The maximum Gasteiger partial charge on any atom is 0.0467 e. The second-order valence-corrected chi connectivity index (χ2v) is 11.1. The number of fused-ring (bicyclic) bond motifs is 3. The van der Waals surface area contributed by atoms with Gasteiger partial charge in [0.1, 0.15) is 0 Å². The fraction of sp³-hybridized carbons (Fsp3) is 0. The lowest BCUT2D eigenvalue weighted by molar-refractivity contribution is 1.28. The van der Waals surface area contributed by atoms with E-state index < -0.39 is 0 Å². The second kappa shape index (κ2) is 10.1. The van der Waals surface area contributed by atoms with Gasteiger partial charge in [-0.2, -0.15) is 0 Å². The van der Waals surface area contributed by atoms with Crippen molar-refractivity contribution in [1.29, 1.82) is 0 Å². The highest BCUT2D eigenvalue weighted by Gasteiger charge is 2.14. The Kier molecular flexibility index (Phi) is 6.13. The molecular weight excluding hydrogens is 514 g/mol. The van der Waals surface area contributed by atoms with Crippen LogP contribution in [0.5, 0.6) is 0 Å². The molecule has 0 saturated heterocycles. The molecule has 0 aliphatic carbocycles. The quantitative estimate of drug-likeness (QED) is 0.211. The van der Waals surface area contributed by atoms with Crippen molar-refractivity contribution in [1.82, 2.24) is 0 Å². The summed E-state index contributed by atoms with van der Waals surface area (Å²) in [5, 5.41) is 3.33. The molecule has 0 saturated carbocycles. The monoisotopic (exact) mass is 537 g/mol. The number of rotatable bonds is 5. The lowest BCUT2D eigenvalue weighted by Gasteiger charge is -2.25. The first-order valence-corrected chi connectivity index (χ1v) is 14.2. The number of para-hydroxylation sites is 2. The number of benzene rings is 6. The van der Waals surface area contributed by atoms with E-state index in [1.807, 2.05) is 29.5 Å². The van der Waals surface area contributed by atoms with E-state index >= 15 is 0 Å². The molecule has 0 unspecified atom stereocenters. The Morgan fingerprint density at radius 2 is 1.00 bits per heavy atom. The molecule has 0 aliphatic heterocycles. The van der Waals surface area contributed by atoms with Crippen LogP contribution in [0.4, 0.5) is 17.1 Å². The normalized spacial score (nSPS) is 11.2. The van der Waals surface area contributed by atoms with Crippen molar-refractivity contribution in [2.75, 3.05) is 4.90 Å². The first-order chi connectivity index (χ1) is 19.2. The van der Waals surface area contributed by atoms with E-state index in [1.54, 1.807) is 0 Å². The van der Waals surface area contributed by atoms with Gasteiger partial charge >= 0.3 is 0 Å². The van der Waals surface area contributed by atoms with Gasteiger partial charge in [-0.05, 0) is 89.0 Å². The van der Waals surface area contributed by atoms with E-state index in [9.17, 15) is 0 Å². The lowest BCUT2D eigenvalue weighted by atomic mass is 10.0. The molecule has 0 amide bonds. The molecule has 0 bridgehead atoms. The summed E-state index contributed by atoms with van der Waals surface area (Å²) in [7, 11) is 0. The van der Waals surface area contributed by atoms with Gasteiger partial charge in [0, 0.05) is 42.3 Å². The number of nitrogens with zero attached hydrogens (tertiary/aromatic N) is 1. The summed E-state index contributed by atoms with van der Waals surface area (Å²) in [4.78, 5) is 2.30. The highest BCUT2D eigenvalue weighted by atomic mass is 35.5. The molecule has 0 N–H and O–H groups in total. The maximum atomic E-state index is 6.25. The summed E-state index contributed by atoms with van der Waals surface area (Å²) >= 11 is 8.09. The van der Waals surface area contributed by atoms with E-state index in [0.717, 1.165) is 27.6 Å². The SMILES string of the molecule is Clc1cccc(-c2ccc3c(c2)sc2ccc(-c4cccc(N(c5ccccc5)c5ccccc5)c4)cc23)c1. The van der Waals surface area contributed by atoms with Gasteiger partial charge in [-0.1, -0.05) is 90.5 Å². The van der Waals surface area contributed by atoms with Crippen LogP contribution in [0, 0.1) is 0 Å². The lowest BCUT2D eigenvalue weighted by Crippen LogP contribution is -2.09. The zero-order valence-electron chi connectivity index (χ0n) is 21.1. The topological polar surface area (TPSA) is 3.24 Å². The zero-order valence-corrected chi connectivity index (χ0v) is 22.7. The Morgan fingerprint density at radius 3 is 1.72 bits per heavy atom. The summed E-state index contributed by atoms with van der Waals surface area (Å²) in [6.45, 7) is 0. The molecule has 3 heteroatoms. The highest BCUT2D eigenvalue weighted by Crippen LogP contribution is 2.40. The van der Waals surface area contributed by atoms with Crippen LogP contribution in [0.1, 0.15) is 0 Å². The van der Waals surface area contributed by atoms with Crippen LogP contribution >= 0.6 is 22.9 Å². The van der Waals surface area contributed by atoms with Gasteiger partial charge in [-0.3, -0.25) is 0 Å². The number of halogens is 1. The predicted octanol–water partition coefficient (Wildman–Crippen LogP) is 11.5. The molecule has 1 aromatic heterocycles. The van der Waals surface area contributed by atoms with Crippen LogP contribution in [0.2, 0.25) is 5.02 Å². The van der Waals surface area contributed by atoms with Crippen molar-refractivity contribution in [2.24, 2.45) is 0 Å². The zero-order chi connectivity index (χ0) is 26.2. The van der Waals surface area contributed by atoms with E-state index in [0.29, 0.717) is 0 Å². The van der Waals surface area contributed by atoms with Gasteiger partial charge in [0.25, 0.3) is 0 Å². The molecule has 39 heavy (non-hydrogen) atoms. The summed E-state index contributed by atoms with van der Waals surface area (Å²) in [5.41, 5.74) is 8.13. The molecular formula is C36H24ClNS. The van der Waals surface area contributed by atoms with Crippen LogP contribution < -0.4 is 4.90 Å². The van der Waals surface area contributed by atoms with E-state index in [-0.39, 0.29) is 0 Å². The number of thiophene rings is 1. The van der Waals surface area contributed by atoms with Crippen molar-refractivity contribution in [3.8, 4) is 22.3 Å². The van der Waals surface area contributed by atoms with E-state index in [1.165, 1.54) is 36.9 Å². The van der Waals surface area contributed by atoms with Crippen LogP contribution in [0.25, 0.3) is 42.4 Å². The molecule has 7 rings (SSSR count). The molecule has 0 fully saturated rings. The smallest absolute Gasteiger partial charge is 0.0467 e. The van der Waals surface area contributed by atoms with Crippen molar-refractivity contribution in [3.63, 3.8) is 0 Å². The highest BCUT2D eigenvalue weighted by molar-refractivity contribution is 7.25. The Balaban J connectivity index is 1.31. The number of hydrogen-bond acceptors (Lipinski definition) is 2. The van der Waals surface area contributed by atoms with Crippen LogP contribution in [0.15, 0.2) is 146 Å². The van der Waals surface area contributed by atoms with E-state index in [2.05, 4.69) is 132 Å². The minimum absolute atomic E-state index is 0.758. The molecule has 1 nitrogen and oxygen atoms in total. The van der Waals surface area contributed by atoms with Gasteiger partial charge in [0.05, 0.1) is 0 Å². The molecule has 7 aromatic rings. The molecule has 6 aromatic carbocycles. The largest absolute Gasteiger partial charge is 0.310 e. The first-order valence-electron chi connectivity index (χ1n) is 13.0. The number of anilines is 3.